The average molecular weight is 264 g/mol. The van der Waals surface area contributed by atoms with Crippen LogP contribution >= 0.6 is 0 Å². The summed E-state index contributed by atoms with van der Waals surface area (Å²) in [5, 5.41) is 4.73. The summed E-state index contributed by atoms with van der Waals surface area (Å²) in [4.78, 5) is 4.40. The van der Waals surface area contributed by atoms with Gasteiger partial charge in [0.05, 0.1) is 6.04 Å². The molecule has 100 valence electrons. The predicted molar refractivity (Wildman–Crippen MR) is 81.6 cm³/mol. The van der Waals surface area contributed by atoms with Gasteiger partial charge < -0.3 is 15.6 Å². The lowest BCUT2D eigenvalue weighted by atomic mass is 10.0. The highest BCUT2D eigenvalue weighted by molar-refractivity contribution is 5.87. The number of rotatable bonds is 1. The van der Waals surface area contributed by atoms with Gasteiger partial charge in [0, 0.05) is 48.0 Å². The first-order valence-corrected chi connectivity index (χ1v) is 6.77. The van der Waals surface area contributed by atoms with E-state index in [1.807, 2.05) is 18.3 Å². The summed E-state index contributed by atoms with van der Waals surface area (Å²) >= 11 is 0. The number of nitrogens with one attached hydrogen (secondary N) is 1. The van der Waals surface area contributed by atoms with Gasteiger partial charge in [0.1, 0.15) is 5.82 Å². The molecule has 4 rings (SSSR count). The SMILES string of the molecule is Cn1cc(C2Cc3cccnc3N2)c2cc(N)ccc21. The second-order valence-electron chi connectivity index (χ2n) is 5.38. The van der Waals surface area contributed by atoms with E-state index in [1.165, 1.54) is 22.0 Å². The summed E-state index contributed by atoms with van der Waals surface area (Å²) in [6.45, 7) is 0. The Balaban J connectivity index is 1.83. The maximum atomic E-state index is 5.94. The van der Waals surface area contributed by atoms with Crippen LogP contribution < -0.4 is 11.1 Å². The highest BCUT2D eigenvalue weighted by atomic mass is 15.0. The van der Waals surface area contributed by atoms with Crippen LogP contribution in [0.2, 0.25) is 0 Å². The highest BCUT2D eigenvalue weighted by Gasteiger charge is 2.25. The summed E-state index contributed by atoms with van der Waals surface area (Å²) in [5.41, 5.74) is 10.5. The molecule has 1 aromatic carbocycles. The van der Waals surface area contributed by atoms with E-state index in [0.717, 1.165) is 17.9 Å². The fourth-order valence-electron chi connectivity index (χ4n) is 3.07. The van der Waals surface area contributed by atoms with Crippen molar-refractivity contribution in [3.63, 3.8) is 0 Å². The molecule has 3 heterocycles. The molecule has 1 unspecified atom stereocenters. The zero-order valence-electron chi connectivity index (χ0n) is 11.3. The highest BCUT2D eigenvalue weighted by Crippen LogP contribution is 2.36. The van der Waals surface area contributed by atoms with Gasteiger partial charge in [0.25, 0.3) is 0 Å². The van der Waals surface area contributed by atoms with Crippen LogP contribution in [0, 0.1) is 0 Å². The van der Waals surface area contributed by atoms with Crippen molar-refractivity contribution in [2.75, 3.05) is 11.1 Å². The molecule has 3 aromatic rings. The zero-order chi connectivity index (χ0) is 13.7. The first-order valence-electron chi connectivity index (χ1n) is 6.77. The molecule has 0 fully saturated rings. The fraction of sp³-hybridized carbons (Fsp3) is 0.188. The number of nitrogens with two attached hydrogens (primary N) is 1. The number of fused-ring (bicyclic) bond motifs is 2. The van der Waals surface area contributed by atoms with Gasteiger partial charge in [-0.3, -0.25) is 0 Å². The van der Waals surface area contributed by atoms with E-state index in [2.05, 4.69) is 46.3 Å². The van der Waals surface area contributed by atoms with Crippen LogP contribution in [0.5, 0.6) is 0 Å². The van der Waals surface area contributed by atoms with Crippen molar-refractivity contribution >= 4 is 22.4 Å². The molecule has 4 nitrogen and oxygen atoms in total. The van der Waals surface area contributed by atoms with E-state index < -0.39 is 0 Å². The van der Waals surface area contributed by atoms with Crippen LogP contribution in [0.15, 0.2) is 42.7 Å². The Morgan fingerprint density at radius 3 is 3.10 bits per heavy atom. The van der Waals surface area contributed by atoms with E-state index in [9.17, 15) is 0 Å². The van der Waals surface area contributed by atoms with E-state index >= 15 is 0 Å². The Morgan fingerprint density at radius 2 is 2.25 bits per heavy atom. The second kappa shape index (κ2) is 4.00. The smallest absolute Gasteiger partial charge is 0.129 e. The van der Waals surface area contributed by atoms with Crippen molar-refractivity contribution in [1.29, 1.82) is 0 Å². The summed E-state index contributed by atoms with van der Waals surface area (Å²) in [6, 6.07) is 10.5. The fourth-order valence-corrected chi connectivity index (χ4v) is 3.07. The molecule has 3 N–H and O–H groups in total. The Bertz CT molecular complexity index is 778. The van der Waals surface area contributed by atoms with Crippen molar-refractivity contribution in [2.24, 2.45) is 7.05 Å². The zero-order valence-corrected chi connectivity index (χ0v) is 11.3. The van der Waals surface area contributed by atoms with Crippen molar-refractivity contribution in [2.45, 2.75) is 12.5 Å². The number of aryl methyl sites for hydroxylation is 1. The number of nitrogen functional groups attached to an aromatic ring is 1. The molecule has 2 aromatic heterocycles. The maximum Gasteiger partial charge on any atom is 0.129 e. The standard InChI is InChI=1S/C16H16N4/c1-20-9-13(12-8-11(17)4-5-15(12)20)14-7-10-3-2-6-18-16(10)19-14/h2-6,8-9,14H,7,17H2,1H3,(H,18,19). The van der Waals surface area contributed by atoms with Gasteiger partial charge in [0.2, 0.25) is 0 Å². The van der Waals surface area contributed by atoms with Crippen molar-refractivity contribution in [3.8, 4) is 0 Å². The van der Waals surface area contributed by atoms with E-state index in [4.69, 9.17) is 5.73 Å². The van der Waals surface area contributed by atoms with Gasteiger partial charge in [-0.25, -0.2) is 4.98 Å². The van der Waals surface area contributed by atoms with Crippen LogP contribution in [0.4, 0.5) is 11.5 Å². The first kappa shape index (κ1) is 11.3. The van der Waals surface area contributed by atoms with E-state index in [1.54, 1.807) is 0 Å². The van der Waals surface area contributed by atoms with Gasteiger partial charge >= 0.3 is 0 Å². The molecule has 0 bridgehead atoms. The minimum absolute atomic E-state index is 0.269. The number of anilines is 2. The molecule has 0 radical (unpaired) electrons. The molecule has 1 atom stereocenters. The first-order chi connectivity index (χ1) is 9.72. The third-order valence-corrected chi connectivity index (χ3v) is 4.05. The van der Waals surface area contributed by atoms with Gasteiger partial charge in [-0.15, -0.1) is 0 Å². The third kappa shape index (κ3) is 1.58. The normalized spacial score (nSPS) is 17.1. The number of hydrogen-bond acceptors (Lipinski definition) is 3. The van der Waals surface area contributed by atoms with Crippen molar-refractivity contribution < 1.29 is 0 Å². The molecule has 0 saturated heterocycles. The Morgan fingerprint density at radius 1 is 1.35 bits per heavy atom. The number of hydrogen-bond donors (Lipinski definition) is 2. The lowest BCUT2D eigenvalue weighted by Gasteiger charge is -2.09. The average Bonchev–Trinajstić information content (AvgIpc) is 3.00. The van der Waals surface area contributed by atoms with Crippen molar-refractivity contribution in [3.05, 3.63) is 53.9 Å². The van der Waals surface area contributed by atoms with E-state index in [0.29, 0.717) is 0 Å². The Kier molecular flexibility index (Phi) is 2.27. The van der Waals surface area contributed by atoms with Crippen molar-refractivity contribution in [1.82, 2.24) is 9.55 Å². The quantitative estimate of drug-likeness (QED) is 0.664. The minimum Gasteiger partial charge on any atom is -0.399 e. The van der Waals surface area contributed by atoms with Crippen LogP contribution in [0.1, 0.15) is 17.2 Å². The van der Waals surface area contributed by atoms with E-state index in [-0.39, 0.29) is 6.04 Å². The molecular weight excluding hydrogens is 248 g/mol. The Labute approximate surface area is 117 Å². The largest absolute Gasteiger partial charge is 0.399 e. The third-order valence-electron chi connectivity index (χ3n) is 4.05. The van der Waals surface area contributed by atoms with Gasteiger partial charge in [-0.2, -0.15) is 0 Å². The predicted octanol–water partition coefficient (Wildman–Crippen LogP) is 2.86. The second-order valence-corrected chi connectivity index (χ2v) is 5.38. The molecule has 1 aliphatic heterocycles. The molecule has 0 spiro atoms. The molecule has 0 aliphatic carbocycles. The number of pyridine rings is 1. The summed E-state index contributed by atoms with van der Waals surface area (Å²) in [5.74, 6) is 0.999. The minimum atomic E-state index is 0.269. The topological polar surface area (TPSA) is 55.9 Å². The molecule has 0 amide bonds. The molecule has 0 saturated carbocycles. The van der Waals surface area contributed by atoms with Gasteiger partial charge in [0.15, 0.2) is 0 Å². The molecular formula is C16H16N4. The lowest BCUT2D eigenvalue weighted by molar-refractivity contribution is 0.820. The lowest BCUT2D eigenvalue weighted by Crippen LogP contribution is -2.05. The summed E-state index contributed by atoms with van der Waals surface area (Å²) in [7, 11) is 2.07. The molecule has 20 heavy (non-hydrogen) atoms. The number of benzene rings is 1. The van der Waals surface area contributed by atoms with Crippen LogP contribution in [-0.2, 0) is 13.5 Å². The van der Waals surface area contributed by atoms with Gasteiger partial charge in [-0.1, -0.05) is 6.07 Å². The maximum absolute atomic E-state index is 5.94. The van der Waals surface area contributed by atoms with Crippen LogP contribution in [0.25, 0.3) is 10.9 Å². The number of aromatic nitrogens is 2. The summed E-state index contributed by atoms with van der Waals surface area (Å²) < 4.78 is 2.15. The summed E-state index contributed by atoms with van der Waals surface area (Å²) in [6.07, 6.45) is 4.99. The van der Waals surface area contributed by atoms with Crippen LogP contribution in [0.3, 0.4) is 0 Å². The Hall–Kier alpha value is -2.49. The molecule has 1 aliphatic rings. The molecule has 4 heteroatoms. The number of nitrogens with zero attached hydrogens (tertiary/aromatic N) is 2. The van der Waals surface area contributed by atoms with Gasteiger partial charge in [-0.05, 0) is 29.8 Å². The monoisotopic (exact) mass is 264 g/mol. The van der Waals surface area contributed by atoms with Crippen LogP contribution in [-0.4, -0.2) is 9.55 Å².